The van der Waals surface area contributed by atoms with Crippen LogP contribution in [0.4, 0.5) is 23.2 Å². The summed E-state index contributed by atoms with van der Waals surface area (Å²) in [6.07, 6.45) is -0.0638. The summed E-state index contributed by atoms with van der Waals surface area (Å²) in [5.74, 6) is -8.27. The van der Waals surface area contributed by atoms with E-state index in [2.05, 4.69) is 10.3 Å². The molecule has 2 amide bonds. The molecule has 1 aliphatic heterocycles. The second-order valence-electron chi connectivity index (χ2n) is 4.22. The van der Waals surface area contributed by atoms with E-state index in [0.29, 0.717) is 0 Å². The standard InChI is InChI=1S/C11H9F4N3O2/c1-18-5(19)3-2-4(11(18)20)16-8-6(12)9(14)17-10(15)7(8)13/h4H,2-3H2,1H3,(H,16,17). The summed E-state index contributed by atoms with van der Waals surface area (Å²) in [6, 6.07) is -1.15. The largest absolute Gasteiger partial charge is 0.369 e. The van der Waals surface area contributed by atoms with Gasteiger partial charge in [0.2, 0.25) is 17.5 Å². The number of amides is 2. The summed E-state index contributed by atoms with van der Waals surface area (Å²) < 4.78 is 52.7. The first-order valence-corrected chi connectivity index (χ1v) is 5.59. The molecule has 1 N–H and O–H groups in total. The number of aromatic nitrogens is 1. The van der Waals surface area contributed by atoms with Crippen LogP contribution in [0.5, 0.6) is 0 Å². The number of rotatable bonds is 2. The van der Waals surface area contributed by atoms with Gasteiger partial charge in [0.1, 0.15) is 11.7 Å². The summed E-state index contributed by atoms with van der Waals surface area (Å²) in [6.45, 7) is 0. The lowest BCUT2D eigenvalue weighted by atomic mass is 10.0. The Bertz CT molecular complexity index is 567. The minimum Gasteiger partial charge on any atom is -0.369 e. The maximum Gasteiger partial charge on any atom is 0.253 e. The lowest BCUT2D eigenvalue weighted by molar-refractivity contribution is -0.146. The van der Waals surface area contributed by atoms with Crippen molar-refractivity contribution in [3.05, 3.63) is 23.5 Å². The van der Waals surface area contributed by atoms with Gasteiger partial charge in [-0.2, -0.15) is 22.5 Å². The molecule has 1 fully saturated rings. The van der Waals surface area contributed by atoms with Crippen LogP contribution in [0, 0.1) is 23.5 Å². The fraction of sp³-hybridized carbons (Fsp3) is 0.364. The molecule has 1 aromatic rings. The van der Waals surface area contributed by atoms with Crippen molar-refractivity contribution in [2.75, 3.05) is 12.4 Å². The van der Waals surface area contributed by atoms with E-state index < -0.39 is 47.1 Å². The fourth-order valence-electron chi connectivity index (χ4n) is 1.84. The monoisotopic (exact) mass is 291 g/mol. The summed E-state index contributed by atoms with van der Waals surface area (Å²) in [7, 11) is 1.21. The number of nitrogens with zero attached hydrogens (tertiary/aromatic N) is 2. The molecule has 1 saturated heterocycles. The Labute approximate surface area is 110 Å². The van der Waals surface area contributed by atoms with Crippen molar-refractivity contribution >= 4 is 17.5 Å². The fourth-order valence-corrected chi connectivity index (χ4v) is 1.84. The van der Waals surface area contributed by atoms with Gasteiger partial charge in [-0.3, -0.25) is 14.5 Å². The maximum absolute atomic E-state index is 13.4. The molecule has 2 heterocycles. The van der Waals surface area contributed by atoms with Crippen LogP contribution in [0.1, 0.15) is 12.8 Å². The minimum absolute atomic E-state index is 0.0286. The van der Waals surface area contributed by atoms with Gasteiger partial charge in [0, 0.05) is 13.5 Å². The van der Waals surface area contributed by atoms with Crippen LogP contribution in [-0.2, 0) is 9.59 Å². The van der Waals surface area contributed by atoms with Gasteiger partial charge >= 0.3 is 0 Å². The average molecular weight is 291 g/mol. The molecular formula is C11H9F4N3O2. The lowest BCUT2D eigenvalue weighted by Gasteiger charge is -2.28. The van der Waals surface area contributed by atoms with Gasteiger partial charge in [0.15, 0.2) is 0 Å². The number of carbonyl (C=O) groups is 2. The zero-order valence-electron chi connectivity index (χ0n) is 10.2. The van der Waals surface area contributed by atoms with E-state index in [1.807, 2.05) is 0 Å². The van der Waals surface area contributed by atoms with Crippen LogP contribution in [0.3, 0.4) is 0 Å². The first kappa shape index (κ1) is 14.2. The van der Waals surface area contributed by atoms with Crippen molar-refractivity contribution < 1.29 is 27.2 Å². The van der Waals surface area contributed by atoms with Crippen molar-refractivity contribution in [3.8, 4) is 0 Å². The van der Waals surface area contributed by atoms with E-state index in [1.165, 1.54) is 7.05 Å². The Kier molecular flexibility index (Phi) is 3.60. The van der Waals surface area contributed by atoms with Crippen LogP contribution in [-0.4, -0.2) is 34.8 Å². The molecule has 1 unspecified atom stereocenters. The van der Waals surface area contributed by atoms with Crippen LogP contribution in [0.2, 0.25) is 0 Å². The predicted molar refractivity (Wildman–Crippen MR) is 58.5 cm³/mol. The SMILES string of the molecule is CN1C(=O)CCC(Nc2c(F)c(F)nc(F)c2F)C1=O. The third kappa shape index (κ3) is 2.30. The summed E-state index contributed by atoms with van der Waals surface area (Å²) >= 11 is 0. The second kappa shape index (κ2) is 5.06. The van der Waals surface area contributed by atoms with Crippen LogP contribution < -0.4 is 5.32 Å². The number of hydrogen-bond acceptors (Lipinski definition) is 4. The molecule has 1 aliphatic rings. The van der Waals surface area contributed by atoms with E-state index in [-0.39, 0.29) is 12.8 Å². The number of likely N-dealkylation sites (tertiary alicyclic amines) is 1. The summed E-state index contributed by atoms with van der Waals surface area (Å²) in [5, 5.41) is 2.09. The molecule has 20 heavy (non-hydrogen) atoms. The highest BCUT2D eigenvalue weighted by atomic mass is 19.2. The molecule has 0 spiro atoms. The zero-order chi connectivity index (χ0) is 15.0. The van der Waals surface area contributed by atoms with Crippen molar-refractivity contribution in [2.45, 2.75) is 18.9 Å². The Morgan fingerprint density at radius 3 is 2.25 bits per heavy atom. The number of imide groups is 1. The zero-order valence-corrected chi connectivity index (χ0v) is 10.2. The maximum atomic E-state index is 13.4. The Morgan fingerprint density at radius 2 is 1.70 bits per heavy atom. The Morgan fingerprint density at radius 1 is 1.15 bits per heavy atom. The number of carbonyl (C=O) groups excluding carboxylic acids is 2. The number of halogens is 4. The normalized spacial score (nSPS) is 19.4. The van der Waals surface area contributed by atoms with Gasteiger partial charge in [-0.1, -0.05) is 0 Å². The topological polar surface area (TPSA) is 62.3 Å². The molecular weight excluding hydrogens is 282 g/mol. The molecule has 5 nitrogen and oxygen atoms in total. The quantitative estimate of drug-likeness (QED) is 0.505. The first-order valence-electron chi connectivity index (χ1n) is 5.59. The van der Waals surface area contributed by atoms with Gasteiger partial charge in [0.05, 0.1) is 0 Å². The molecule has 1 aromatic heterocycles. The number of anilines is 1. The highest BCUT2D eigenvalue weighted by molar-refractivity contribution is 6.01. The Hall–Kier alpha value is -2.19. The van der Waals surface area contributed by atoms with Crippen molar-refractivity contribution in [2.24, 2.45) is 0 Å². The second-order valence-corrected chi connectivity index (χ2v) is 4.22. The van der Waals surface area contributed by atoms with Crippen molar-refractivity contribution in [1.82, 2.24) is 9.88 Å². The number of pyridine rings is 1. The number of nitrogens with one attached hydrogen (secondary N) is 1. The highest BCUT2D eigenvalue weighted by Crippen LogP contribution is 2.25. The predicted octanol–water partition coefficient (Wildman–Crippen LogP) is 1.20. The molecule has 108 valence electrons. The van der Waals surface area contributed by atoms with Gasteiger partial charge in [-0.15, -0.1) is 0 Å². The summed E-state index contributed by atoms with van der Waals surface area (Å²) in [4.78, 5) is 26.2. The molecule has 1 atom stereocenters. The van der Waals surface area contributed by atoms with Gasteiger partial charge < -0.3 is 5.32 Å². The molecule has 9 heteroatoms. The number of likely N-dealkylation sites (N-methyl/N-ethyl adjacent to an activating group) is 1. The molecule has 0 aromatic carbocycles. The van der Waals surface area contributed by atoms with Crippen LogP contribution >= 0.6 is 0 Å². The molecule has 0 aliphatic carbocycles. The molecule has 0 saturated carbocycles. The van der Waals surface area contributed by atoms with Crippen molar-refractivity contribution in [1.29, 1.82) is 0 Å². The van der Waals surface area contributed by atoms with E-state index in [0.717, 1.165) is 4.90 Å². The van der Waals surface area contributed by atoms with Crippen LogP contribution in [0.15, 0.2) is 0 Å². The number of piperidine rings is 1. The highest BCUT2D eigenvalue weighted by Gasteiger charge is 2.33. The van der Waals surface area contributed by atoms with E-state index in [4.69, 9.17) is 0 Å². The first-order chi connectivity index (χ1) is 9.32. The van der Waals surface area contributed by atoms with Crippen molar-refractivity contribution in [3.63, 3.8) is 0 Å². The third-order valence-electron chi connectivity index (χ3n) is 2.97. The van der Waals surface area contributed by atoms with Gasteiger partial charge in [-0.25, -0.2) is 0 Å². The lowest BCUT2D eigenvalue weighted by Crippen LogP contribution is -2.48. The van der Waals surface area contributed by atoms with E-state index in [1.54, 1.807) is 0 Å². The van der Waals surface area contributed by atoms with Crippen LogP contribution in [0.25, 0.3) is 0 Å². The smallest absolute Gasteiger partial charge is 0.253 e. The van der Waals surface area contributed by atoms with Gasteiger partial charge in [-0.05, 0) is 6.42 Å². The van der Waals surface area contributed by atoms with E-state index in [9.17, 15) is 27.2 Å². The summed E-state index contributed by atoms with van der Waals surface area (Å²) in [5.41, 5.74) is -1.11. The number of hydrogen-bond donors (Lipinski definition) is 1. The minimum atomic E-state index is -1.82. The molecule has 0 bridgehead atoms. The molecule has 2 rings (SSSR count). The van der Waals surface area contributed by atoms with E-state index >= 15 is 0 Å². The molecule has 0 radical (unpaired) electrons. The average Bonchev–Trinajstić information content (AvgIpc) is 2.41. The Balaban J connectivity index is 2.31. The third-order valence-corrected chi connectivity index (χ3v) is 2.97. The van der Waals surface area contributed by atoms with Gasteiger partial charge in [0.25, 0.3) is 17.8 Å².